The first-order chi connectivity index (χ1) is 12.1. The number of anilines is 1. The van der Waals surface area contributed by atoms with Gasteiger partial charge < -0.3 is 8.83 Å². The van der Waals surface area contributed by atoms with Crippen LogP contribution in [0.4, 0.5) is 6.01 Å². The van der Waals surface area contributed by atoms with Crippen LogP contribution >= 0.6 is 11.3 Å². The van der Waals surface area contributed by atoms with Crippen LogP contribution in [0, 0.1) is 13.8 Å². The minimum atomic E-state index is -0.481. The Morgan fingerprint density at radius 1 is 1.24 bits per heavy atom. The van der Waals surface area contributed by atoms with Gasteiger partial charge in [0.15, 0.2) is 0 Å². The van der Waals surface area contributed by atoms with Gasteiger partial charge in [-0.25, -0.2) is 0 Å². The van der Waals surface area contributed by atoms with Crippen molar-refractivity contribution >= 4 is 23.3 Å². The normalized spacial score (nSPS) is 16.2. The lowest BCUT2D eigenvalue weighted by Gasteiger charge is -2.25. The summed E-state index contributed by atoms with van der Waals surface area (Å²) in [6.07, 6.45) is 3.79. The van der Waals surface area contributed by atoms with Gasteiger partial charge in [-0.2, -0.15) is 0 Å². The van der Waals surface area contributed by atoms with E-state index in [1.165, 1.54) is 0 Å². The quantitative estimate of drug-likeness (QED) is 0.745. The Morgan fingerprint density at radius 3 is 2.68 bits per heavy atom. The molecule has 1 saturated carbocycles. The first kappa shape index (κ1) is 16.1. The number of thiophene rings is 1. The Morgan fingerprint density at radius 2 is 2.04 bits per heavy atom. The van der Waals surface area contributed by atoms with Crippen LogP contribution in [0.15, 0.2) is 32.4 Å². The molecular formula is C18H19N3O3S. The topological polar surface area (TPSA) is 81.2 Å². The van der Waals surface area contributed by atoms with Gasteiger partial charge in [0.1, 0.15) is 11.5 Å². The van der Waals surface area contributed by atoms with Crippen molar-refractivity contribution in [2.75, 3.05) is 5.32 Å². The lowest BCUT2D eigenvalue weighted by atomic mass is 9.83. The van der Waals surface area contributed by atoms with Gasteiger partial charge in [0.05, 0.1) is 11.0 Å². The lowest BCUT2D eigenvalue weighted by Crippen LogP contribution is -2.37. The van der Waals surface area contributed by atoms with Crippen molar-refractivity contribution in [2.24, 2.45) is 0 Å². The van der Waals surface area contributed by atoms with Crippen molar-refractivity contribution < 1.29 is 13.6 Å². The van der Waals surface area contributed by atoms with Gasteiger partial charge in [0.2, 0.25) is 5.91 Å². The van der Waals surface area contributed by atoms with E-state index in [9.17, 15) is 4.79 Å². The average molecular weight is 357 g/mol. The molecular weight excluding hydrogens is 338 g/mol. The van der Waals surface area contributed by atoms with Crippen molar-refractivity contribution in [1.82, 2.24) is 10.2 Å². The van der Waals surface area contributed by atoms with Crippen molar-refractivity contribution in [2.45, 2.75) is 44.9 Å². The van der Waals surface area contributed by atoms with Crippen LogP contribution < -0.4 is 5.32 Å². The molecule has 3 heterocycles. The molecule has 0 unspecified atom stereocenters. The number of carbonyl (C=O) groups is 1. The molecule has 1 aliphatic rings. The van der Waals surface area contributed by atoms with Gasteiger partial charge in [0, 0.05) is 4.88 Å². The Hall–Kier alpha value is -2.41. The number of nitrogens with zero attached hydrogens (tertiary/aromatic N) is 2. The summed E-state index contributed by atoms with van der Waals surface area (Å²) in [7, 11) is 0. The molecule has 130 valence electrons. The molecule has 0 bridgehead atoms. The standard InChI is InChI=1S/C18H19N3O3S/c1-11-10-13(12(2)23-11)15-20-21-17(24-15)19-16(22)18(7-3-4-8-18)14-6-5-9-25-14/h5-6,9-10H,3-4,7-8H2,1-2H3,(H,19,21,22). The molecule has 3 aromatic rings. The largest absolute Gasteiger partial charge is 0.466 e. The molecule has 0 atom stereocenters. The van der Waals surface area contributed by atoms with Gasteiger partial charge in [-0.1, -0.05) is 24.0 Å². The summed E-state index contributed by atoms with van der Waals surface area (Å²) in [5.41, 5.74) is 0.268. The Bertz CT molecular complexity index is 889. The zero-order valence-corrected chi connectivity index (χ0v) is 15.0. The number of amides is 1. The molecule has 1 aliphatic carbocycles. The first-order valence-corrected chi connectivity index (χ1v) is 9.23. The van der Waals surface area contributed by atoms with Gasteiger partial charge >= 0.3 is 6.01 Å². The monoisotopic (exact) mass is 357 g/mol. The maximum absolute atomic E-state index is 13.0. The molecule has 6 nitrogen and oxygen atoms in total. The molecule has 7 heteroatoms. The van der Waals surface area contributed by atoms with E-state index in [1.807, 2.05) is 37.4 Å². The fraction of sp³-hybridized carbons (Fsp3) is 0.389. The fourth-order valence-electron chi connectivity index (χ4n) is 3.56. The van der Waals surface area contributed by atoms with E-state index < -0.39 is 5.41 Å². The highest BCUT2D eigenvalue weighted by molar-refractivity contribution is 7.10. The molecule has 3 aromatic heterocycles. The summed E-state index contributed by atoms with van der Waals surface area (Å²) >= 11 is 1.62. The Labute approximate surface area is 149 Å². The predicted octanol–water partition coefficient (Wildman–Crippen LogP) is 4.46. The van der Waals surface area contributed by atoms with Gasteiger partial charge in [-0.05, 0) is 44.2 Å². The summed E-state index contributed by atoms with van der Waals surface area (Å²) < 4.78 is 11.1. The van der Waals surface area contributed by atoms with E-state index in [1.54, 1.807) is 11.3 Å². The maximum atomic E-state index is 13.0. The second-order valence-electron chi connectivity index (χ2n) is 6.46. The highest BCUT2D eigenvalue weighted by Gasteiger charge is 2.44. The van der Waals surface area contributed by atoms with Crippen LogP contribution in [0.3, 0.4) is 0 Å². The minimum Gasteiger partial charge on any atom is -0.466 e. The molecule has 0 radical (unpaired) electrons. The smallest absolute Gasteiger partial charge is 0.322 e. The van der Waals surface area contributed by atoms with Crippen LogP contribution in [0.5, 0.6) is 0 Å². The zero-order valence-electron chi connectivity index (χ0n) is 14.2. The molecule has 1 fully saturated rings. The van der Waals surface area contributed by atoms with Crippen molar-refractivity contribution in [3.8, 4) is 11.5 Å². The molecule has 0 aromatic carbocycles. The van der Waals surface area contributed by atoms with E-state index in [0.29, 0.717) is 11.7 Å². The number of hydrogen-bond acceptors (Lipinski definition) is 6. The lowest BCUT2D eigenvalue weighted by molar-refractivity contribution is -0.121. The SMILES string of the molecule is Cc1cc(-c2nnc(NC(=O)C3(c4cccs4)CCCC3)o2)c(C)o1. The summed E-state index contributed by atoms with van der Waals surface area (Å²) in [6.45, 7) is 3.70. The molecule has 1 amide bonds. The summed E-state index contributed by atoms with van der Waals surface area (Å²) in [6, 6.07) is 5.99. The summed E-state index contributed by atoms with van der Waals surface area (Å²) in [5.74, 6) is 1.77. The molecule has 25 heavy (non-hydrogen) atoms. The van der Waals surface area contributed by atoms with Gasteiger partial charge in [-0.15, -0.1) is 16.4 Å². The van der Waals surface area contributed by atoms with Crippen LogP contribution in [0.2, 0.25) is 0 Å². The highest BCUT2D eigenvalue weighted by Crippen LogP contribution is 2.44. The van der Waals surface area contributed by atoms with Crippen LogP contribution in [-0.2, 0) is 10.2 Å². The average Bonchev–Trinajstić information content (AvgIpc) is 3.34. The Balaban J connectivity index is 1.58. The number of rotatable bonds is 4. The minimum absolute atomic E-state index is 0.0669. The van der Waals surface area contributed by atoms with Gasteiger partial charge in [0.25, 0.3) is 5.89 Å². The zero-order chi connectivity index (χ0) is 17.4. The van der Waals surface area contributed by atoms with E-state index >= 15 is 0 Å². The van der Waals surface area contributed by atoms with Crippen LogP contribution in [0.1, 0.15) is 42.1 Å². The molecule has 0 spiro atoms. The highest BCUT2D eigenvalue weighted by atomic mass is 32.1. The second-order valence-corrected chi connectivity index (χ2v) is 7.41. The van der Waals surface area contributed by atoms with Crippen molar-refractivity contribution in [3.63, 3.8) is 0 Å². The van der Waals surface area contributed by atoms with Crippen LogP contribution in [-0.4, -0.2) is 16.1 Å². The fourth-order valence-corrected chi connectivity index (χ4v) is 4.54. The van der Waals surface area contributed by atoms with Crippen molar-refractivity contribution in [1.29, 1.82) is 0 Å². The number of furan rings is 1. The number of nitrogens with one attached hydrogen (secondary N) is 1. The molecule has 0 aliphatic heterocycles. The van der Waals surface area contributed by atoms with Crippen molar-refractivity contribution in [3.05, 3.63) is 40.0 Å². The summed E-state index contributed by atoms with van der Waals surface area (Å²) in [4.78, 5) is 14.1. The van der Waals surface area contributed by atoms with E-state index in [4.69, 9.17) is 8.83 Å². The third kappa shape index (κ3) is 2.78. The van der Waals surface area contributed by atoms with Crippen LogP contribution in [0.25, 0.3) is 11.5 Å². The third-order valence-electron chi connectivity index (χ3n) is 4.80. The van der Waals surface area contributed by atoms with E-state index in [0.717, 1.165) is 41.9 Å². The molecule has 1 N–H and O–H groups in total. The first-order valence-electron chi connectivity index (χ1n) is 8.35. The number of carbonyl (C=O) groups excluding carboxylic acids is 1. The number of hydrogen-bond donors (Lipinski definition) is 1. The second kappa shape index (κ2) is 6.15. The third-order valence-corrected chi connectivity index (χ3v) is 5.88. The predicted molar refractivity (Wildman–Crippen MR) is 94.6 cm³/mol. The maximum Gasteiger partial charge on any atom is 0.322 e. The molecule has 0 saturated heterocycles. The number of aromatic nitrogens is 2. The van der Waals surface area contributed by atoms with E-state index in [2.05, 4.69) is 15.5 Å². The van der Waals surface area contributed by atoms with Gasteiger partial charge in [-0.3, -0.25) is 10.1 Å². The summed E-state index contributed by atoms with van der Waals surface area (Å²) in [5, 5.41) is 12.9. The molecule has 4 rings (SSSR count). The Kier molecular flexibility index (Phi) is 3.95. The number of aryl methyl sites for hydroxylation is 2. The van der Waals surface area contributed by atoms with E-state index in [-0.39, 0.29) is 11.9 Å².